The second kappa shape index (κ2) is 6.91. The highest BCUT2D eigenvalue weighted by molar-refractivity contribution is 8.00. The molecule has 2 N–H and O–H groups in total. The lowest BCUT2D eigenvalue weighted by Gasteiger charge is -2.25. The van der Waals surface area contributed by atoms with Gasteiger partial charge in [-0.2, -0.15) is 0 Å². The van der Waals surface area contributed by atoms with Crippen molar-refractivity contribution in [2.45, 2.75) is 42.9 Å². The first kappa shape index (κ1) is 16.0. The Labute approximate surface area is 117 Å². The standard InChI is InChI=1S/C14H20FNO2S/c1-4-18-13(17)14(3,16)9-10(2)19-12-8-6-5-7-11(12)15/h5-8,10H,4,9,16H2,1-3H3. The van der Waals surface area contributed by atoms with Gasteiger partial charge in [-0.3, -0.25) is 4.79 Å². The molecule has 0 aliphatic carbocycles. The molecular weight excluding hydrogens is 265 g/mol. The molecule has 0 aliphatic heterocycles. The minimum atomic E-state index is -1.05. The van der Waals surface area contributed by atoms with Crippen molar-refractivity contribution in [2.24, 2.45) is 5.73 Å². The fraction of sp³-hybridized carbons (Fsp3) is 0.500. The van der Waals surface area contributed by atoms with Crippen LogP contribution in [0.1, 0.15) is 27.2 Å². The summed E-state index contributed by atoms with van der Waals surface area (Å²) in [6.45, 7) is 5.61. The van der Waals surface area contributed by atoms with Gasteiger partial charge in [0.05, 0.1) is 6.61 Å². The number of rotatable bonds is 6. The van der Waals surface area contributed by atoms with Crippen molar-refractivity contribution in [2.75, 3.05) is 6.61 Å². The van der Waals surface area contributed by atoms with Crippen LogP contribution in [0.15, 0.2) is 29.2 Å². The fourth-order valence-corrected chi connectivity index (χ4v) is 2.98. The monoisotopic (exact) mass is 285 g/mol. The van der Waals surface area contributed by atoms with Gasteiger partial charge in [-0.05, 0) is 32.4 Å². The van der Waals surface area contributed by atoms with E-state index >= 15 is 0 Å². The molecule has 2 atom stereocenters. The highest BCUT2D eigenvalue weighted by Crippen LogP contribution is 2.30. The van der Waals surface area contributed by atoms with E-state index in [4.69, 9.17) is 10.5 Å². The summed E-state index contributed by atoms with van der Waals surface area (Å²) in [4.78, 5) is 12.3. The average molecular weight is 285 g/mol. The predicted molar refractivity (Wildman–Crippen MR) is 75.6 cm³/mol. The molecule has 3 nitrogen and oxygen atoms in total. The third-order valence-corrected chi connectivity index (χ3v) is 3.77. The van der Waals surface area contributed by atoms with Gasteiger partial charge in [0.2, 0.25) is 0 Å². The van der Waals surface area contributed by atoms with E-state index in [-0.39, 0.29) is 11.1 Å². The van der Waals surface area contributed by atoms with Crippen LogP contribution in [0, 0.1) is 5.82 Å². The molecule has 0 radical (unpaired) electrons. The van der Waals surface area contributed by atoms with E-state index in [1.54, 1.807) is 32.0 Å². The lowest BCUT2D eigenvalue weighted by Crippen LogP contribution is -2.47. The second-order valence-electron chi connectivity index (χ2n) is 4.70. The summed E-state index contributed by atoms with van der Waals surface area (Å²) in [5, 5.41) is 0.0105. The summed E-state index contributed by atoms with van der Waals surface area (Å²) in [6, 6.07) is 6.57. The molecule has 0 saturated heterocycles. The summed E-state index contributed by atoms with van der Waals surface area (Å²) >= 11 is 1.37. The van der Waals surface area contributed by atoms with E-state index in [9.17, 15) is 9.18 Å². The lowest BCUT2D eigenvalue weighted by molar-refractivity contribution is -0.149. The van der Waals surface area contributed by atoms with Gasteiger partial charge in [0.1, 0.15) is 11.4 Å². The van der Waals surface area contributed by atoms with Gasteiger partial charge in [-0.25, -0.2) is 4.39 Å². The summed E-state index contributed by atoms with van der Waals surface area (Å²) in [5.41, 5.74) is 4.91. The Morgan fingerprint density at radius 1 is 1.53 bits per heavy atom. The van der Waals surface area contributed by atoms with Crippen molar-refractivity contribution in [3.63, 3.8) is 0 Å². The van der Waals surface area contributed by atoms with Crippen LogP contribution in [0.25, 0.3) is 0 Å². The van der Waals surface area contributed by atoms with E-state index in [1.807, 2.05) is 6.92 Å². The number of carbonyl (C=O) groups is 1. The molecule has 0 bridgehead atoms. The van der Waals surface area contributed by atoms with Crippen LogP contribution in [0.4, 0.5) is 4.39 Å². The summed E-state index contributed by atoms with van der Waals surface area (Å²) < 4.78 is 18.5. The normalized spacial score (nSPS) is 15.6. The minimum absolute atomic E-state index is 0.0105. The Hall–Kier alpha value is -1.07. The Balaban J connectivity index is 2.62. The number of halogens is 1. The number of nitrogens with two attached hydrogens (primary N) is 1. The molecule has 19 heavy (non-hydrogen) atoms. The van der Waals surface area contributed by atoms with Crippen molar-refractivity contribution in [3.05, 3.63) is 30.1 Å². The van der Waals surface area contributed by atoms with Crippen molar-refractivity contribution in [1.82, 2.24) is 0 Å². The molecule has 0 saturated carbocycles. The largest absolute Gasteiger partial charge is 0.465 e. The van der Waals surface area contributed by atoms with Crippen LogP contribution in [0.2, 0.25) is 0 Å². The molecule has 1 rings (SSSR count). The molecule has 0 aliphatic rings. The van der Waals surface area contributed by atoms with Gasteiger partial charge in [0.15, 0.2) is 0 Å². The second-order valence-corrected chi connectivity index (χ2v) is 6.18. The zero-order valence-corrected chi connectivity index (χ0v) is 12.3. The Kier molecular flexibility index (Phi) is 5.82. The maximum Gasteiger partial charge on any atom is 0.325 e. The maximum absolute atomic E-state index is 13.5. The van der Waals surface area contributed by atoms with Crippen molar-refractivity contribution < 1.29 is 13.9 Å². The number of hydrogen-bond donors (Lipinski definition) is 1. The molecule has 1 aromatic rings. The summed E-state index contributed by atoms with van der Waals surface area (Å²) in [7, 11) is 0. The number of carbonyl (C=O) groups excluding carboxylic acids is 1. The molecule has 2 unspecified atom stereocenters. The topological polar surface area (TPSA) is 52.3 Å². The Bertz CT molecular complexity index is 437. The molecule has 1 aromatic carbocycles. The highest BCUT2D eigenvalue weighted by Gasteiger charge is 2.32. The van der Waals surface area contributed by atoms with Gasteiger partial charge in [-0.15, -0.1) is 11.8 Å². The maximum atomic E-state index is 13.5. The molecule has 0 amide bonds. The van der Waals surface area contributed by atoms with Gasteiger partial charge < -0.3 is 10.5 Å². The van der Waals surface area contributed by atoms with Crippen molar-refractivity contribution in [3.8, 4) is 0 Å². The Morgan fingerprint density at radius 3 is 2.74 bits per heavy atom. The molecule has 0 spiro atoms. The molecule has 106 valence electrons. The molecule has 0 fully saturated rings. The van der Waals surface area contributed by atoms with Gasteiger partial charge in [-0.1, -0.05) is 19.1 Å². The van der Waals surface area contributed by atoms with E-state index in [0.29, 0.717) is 17.9 Å². The first-order valence-corrected chi connectivity index (χ1v) is 7.12. The lowest BCUT2D eigenvalue weighted by atomic mass is 9.98. The minimum Gasteiger partial charge on any atom is -0.465 e. The van der Waals surface area contributed by atoms with Crippen LogP contribution in [0.5, 0.6) is 0 Å². The SMILES string of the molecule is CCOC(=O)C(C)(N)CC(C)Sc1ccccc1F. The van der Waals surface area contributed by atoms with E-state index in [0.717, 1.165) is 0 Å². The van der Waals surface area contributed by atoms with Gasteiger partial charge >= 0.3 is 5.97 Å². The predicted octanol–water partition coefficient (Wildman–Crippen LogP) is 2.98. The van der Waals surface area contributed by atoms with Crippen LogP contribution in [0.3, 0.4) is 0 Å². The molecule has 0 heterocycles. The average Bonchev–Trinajstić information content (AvgIpc) is 2.31. The van der Waals surface area contributed by atoms with Crippen LogP contribution in [-0.4, -0.2) is 23.4 Å². The number of thioether (sulfide) groups is 1. The third kappa shape index (κ3) is 4.84. The quantitative estimate of drug-likeness (QED) is 0.645. The Morgan fingerprint density at radius 2 is 2.16 bits per heavy atom. The van der Waals surface area contributed by atoms with E-state index in [1.165, 1.54) is 17.8 Å². The van der Waals surface area contributed by atoms with Crippen LogP contribution < -0.4 is 5.73 Å². The number of benzene rings is 1. The van der Waals surface area contributed by atoms with Crippen molar-refractivity contribution in [1.29, 1.82) is 0 Å². The molecular formula is C14H20FNO2S. The van der Waals surface area contributed by atoms with Gasteiger partial charge in [0, 0.05) is 10.1 Å². The third-order valence-electron chi connectivity index (χ3n) is 2.62. The fourth-order valence-electron chi connectivity index (χ4n) is 1.78. The first-order valence-electron chi connectivity index (χ1n) is 6.24. The number of esters is 1. The number of ether oxygens (including phenoxy) is 1. The smallest absolute Gasteiger partial charge is 0.325 e. The zero-order valence-electron chi connectivity index (χ0n) is 11.5. The molecule has 5 heteroatoms. The van der Waals surface area contributed by atoms with E-state index < -0.39 is 11.5 Å². The molecule has 0 aromatic heterocycles. The van der Waals surface area contributed by atoms with Crippen LogP contribution >= 0.6 is 11.8 Å². The van der Waals surface area contributed by atoms with Gasteiger partial charge in [0.25, 0.3) is 0 Å². The number of hydrogen-bond acceptors (Lipinski definition) is 4. The van der Waals surface area contributed by atoms with Crippen molar-refractivity contribution >= 4 is 17.7 Å². The zero-order chi connectivity index (χ0) is 14.5. The summed E-state index contributed by atoms with van der Waals surface area (Å²) in [5.74, 6) is -0.676. The van der Waals surface area contributed by atoms with Crippen LogP contribution in [-0.2, 0) is 9.53 Å². The summed E-state index contributed by atoms with van der Waals surface area (Å²) in [6.07, 6.45) is 0.421. The van der Waals surface area contributed by atoms with E-state index in [2.05, 4.69) is 0 Å². The first-order chi connectivity index (χ1) is 8.86. The highest BCUT2D eigenvalue weighted by atomic mass is 32.2.